The Balaban J connectivity index is 1.70. The van der Waals surface area contributed by atoms with Gasteiger partial charge in [0.1, 0.15) is 0 Å². The average molecular weight is 212 g/mol. The molecule has 1 aliphatic carbocycles. The van der Waals surface area contributed by atoms with E-state index < -0.39 is 0 Å². The van der Waals surface area contributed by atoms with E-state index in [-0.39, 0.29) is 5.41 Å². The molecule has 2 aliphatic heterocycles. The third-order valence-electron chi connectivity index (χ3n) is 3.87. The van der Waals surface area contributed by atoms with Gasteiger partial charge in [-0.05, 0) is 30.9 Å². The molecule has 2 nitrogen and oxygen atoms in total. The maximum atomic E-state index is 12.3. The molecule has 2 saturated heterocycles. The number of hydrogen-bond acceptors (Lipinski definition) is 3. The molecule has 0 bridgehead atoms. The summed E-state index contributed by atoms with van der Waals surface area (Å²) in [5.41, 5.74) is -0.00495. The Labute approximate surface area is 88.8 Å². The quantitative estimate of drug-likeness (QED) is 0.699. The minimum atomic E-state index is -0.00495. The molecule has 3 unspecified atom stereocenters. The monoisotopic (exact) mass is 212 g/mol. The van der Waals surface area contributed by atoms with Crippen molar-refractivity contribution >= 4 is 17.5 Å². The van der Waals surface area contributed by atoms with E-state index in [1.807, 2.05) is 11.8 Å². The molecule has 0 aromatic rings. The highest BCUT2D eigenvalue weighted by Gasteiger charge is 2.64. The van der Waals surface area contributed by atoms with Gasteiger partial charge in [-0.25, -0.2) is 0 Å². The van der Waals surface area contributed by atoms with E-state index in [9.17, 15) is 4.79 Å². The number of Topliss-reactive ketones (excluding diaryl/α,β-unsaturated/α-hetero) is 1. The van der Waals surface area contributed by atoms with Crippen LogP contribution in [0.4, 0.5) is 0 Å². The van der Waals surface area contributed by atoms with Gasteiger partial charge >= 0.3 is 0 Å². The van der Waals surface area contributed by atoms with E-state index in [4.69, 9.17) is 4.74 Å². The van der Waals surface area contributed by atoms with Crippen LogP contribution >= 0.6 is 11.8 Å². The fourth-order valence-electron chi connectivity index (χ4n) is 2.80. The number of ketones is 1. The highest BCUT2D eigenvalue weighted by Crippen LogP contribution is 2.59. The smallest absolute Gasteiger partial charge is 0.154 e. The minimum Gasteiger partial charge on any atom is -0.380 e. The van der Waals surface area contributed by atoms with Crippen LogP contribution in [0.2, 0.25) is 0 Å². The molecule has 0 aromatic heterocycles. The molecule has 0 aromatic carbocycles. The van der Waals surface area contributed by atoms with Gasteiger partial charge in [0, 0.05) is 0 Å². The lowest BCUT2D eigenvalue weighted by atomic mass is 9.95. The maximum absolute atomic E-state index is 12.3. The van der Waals surface area contributed by atoms with Crippen molar-refractivity contribution in [1.82, 2.24) is 0 Å². The molecule has 1 saturated carbocycles. The zero-order chi connectivity index (χ0) is 9.60. The van der Waals surface area contributed by atoms with Crippen molar-refractivity contribution in [2.75, 3.05) is 19.0 Å². The summed E-state index contributed by atoms with van der Waals surface area (Å²) >= 11 is 1.88. The van der Waals surface area contributed by atoms with Crippen LogP contribution < -0.4 is 0 Å². The fourth-order valence-corrected chi connectivity index (χ4v) is 4.18. The summed E-state index contributed by atoms with van der Waals surface area (Å²) in [7, 11) is 0. The molecule has 3 fully saturated rings. The molecular formula is C11H16O2S. The van der Waals surface area contributed by atoms with E-state index in [1.165, 1.54) is 18.6 Å². The van der Waals surface area contributed by atoms with Crippen molar-refractivity contribution in [3.8, 4) is 0 Å². The molecule has 2 heterocycles. The lowest BCUT2D eigenvalue weighted by Crippen LogP contribution is -2.31. The van der Waals surface area contributed by atoms with Crippen molar-refractivity contribution in [2.45, 2.75) is 30.9 Å². The maximum Gasteiger partial charge on any atom is 0.154 e. The second kappa shape index (κ2) is 3.24. The average Bonchev–Trinajstić information content (AvgIpc) is 2.82. The second-order valence-electron chi connectivity index (χ2n) is 4.79. The van der Waals surface area contributed by atoms with E-state index in [0.29, 0.717) is 23.6 Å². The first-order chi connectivity index (χ1) is 6.83. The molecule has 3 aliphatic rings. The van der Waals surface area contributed by atoms with E-state index in [0.717, 1.165) is 19.4 Å². The van der Waals surface area contributed by atoms with Crippen LogP contribution in [-0.4, -0.2) is 30.0 Å². The summed E-state index contributed by atoms with van der Waals surface area (Å²) in [6, 6.07) is 0. The molecule has 14 heavy (non-hydrogen) atoms. The van der Waals surface area contributed by atoms with Gasteiger partial charge in [0.05, 0.1) is 23.9 Å². The van der Waals surface area contributed by atoms with Crippen LogP contribution in [-0.2, 0) is 9.53 Å². The Kier molecular flexibility index (Phi) is 2.13. The van der Waals surface area contributed by atoms with Crippen molar-refractivity contribution in [3.63, 3.8) is 0 Å². The Bertz CT molecular complexity index is 260. The molecule has 3 atom stereocenters. The highest BCUT2D eigenvalue weighted by molar-refractivity contribution is 8.00. The first kappa shape index (κ1) is 9.22. The van der Waals surface area contributed by atoms with Crippen LogP contribution in [0.25, 0.3) is 0 Å². The first-order valence-electron chi connectivity index (χ1n) is 5.57. The number of ether oxygens (including phenoxy) is 1. The first-order valence-corrected chi connectivity index (χ1v) is 6.61. The Morgan fingerprint density at radius 3 is 2.93 bits per heavy atom. The number of rotatable bonds is 2. The van der Waals surface area contributed by atoms with Crippen LogP contribution in [0.1, 0.15) is 25.7 Å². The van der Waals surface area contributed by atoms with Gasteiger partial charge in [-0.15, -0.1) is 0 Å². The van der Waals surface area contributed by atoms with Gasteiger partial charge in [0.15, 0.2) is 5.78 Å². The topological polar surface area (TPSA) is 26.3 Å². The summed E-state index contributed by atoms with van der Waals surface area (Å²) in [4.78, 5) is 12.3. The minimum absolute atomic E-state index is 0.00495. The molecule has 3 rings (SSSR count). The van der Waals surface area contributed by atoms with Gasteiger partial charge in [0.25, 0.3) is 0 Å². The van der Waals surface area contributed by atoms with Crippen LogP contribution in [0.3, 0.4) is 0 Å². The van der Waals surface area contributed by atoms with Crippen molar-refractivity contribution in [3.05, 3.63) is 0 Å². The zero-order valence-electron chi connectivity index (χ0n) is 8.33. The third kappa shape index (κ3) is 1.25. The molecule has 0 amide bonds. The highest BCUT2D eigenvalue weighted by atomic mass is 32.2. The second-order valence-corrected chi connectivity index (χ2v) is 6.10. The standard InChI is InChI=1S/C11H16O2S/c12-10(9-3-1-2-4-14-9)11-5-8(11)6-13-7-11/h8-9H,1-7H2. The third-order valence-corrected chi connectivity index (χ3v) is 5.25. The number of carbonyl (C=O) groups is 1. The predicted octanol–water partition coefficient (Wildman–Crippen LogP) is 1.88. The summed E-state index contributed by atoms with van der Waals surface area (Å²) in [6.07, 6.45) is 4.76. The number of hydrogen-bond donors (Lipinski definition) is 0. The van der Waals surface area contributed by atoms with Crippen LogP contribution in [0.5, 0.6) is 0 Å². The van der Waals surface area contributed by atoms with Gasteiger partial charge in [0.2, 0.25) is 0 Å². The number of thioether (sulfide) groups is 1. The fraction of sp³-hybridized carbons (Fsp3) is 0.909. The van der Waals surface area contributed by atoms with Gasteiger partial charge in [-0.1, -0.05) is 6.42 Å². The van der Waals surface area contributed by atoms with E-state index >= 15 is 0 Å². The van der Waals surface area contributed by atoms with Crippen molar-refractivity contribution < 1.29 is 9.53 Å². The van der Waals surface area contributed by atoms with Crippen molar-refractivity contribution in [2.24, 2.45) is 11.3 Å². The van der Waals surface area contributed by atoms with Gasteiger partial charge < -0.3 is 4.74 Å². The summed E-state index contributed by atoms with van der Waals surface area (Å²) < 4.78 is 5.39. The summed E-state index contributed by atoms with van der Waals surface area (Å²) in [5, 5.41) is 0.301. The molecule has 78 valence electrons. The number of carbonyl (C=O) groups excluding carboxylic acids is 1. The lowest BCUT2D eigenvalue weighted by molar-refractivity contribution is -0.124. The normalized spacial score (nSPS) is 46.0. The SMILES string of the molecule is O=C(C1CCCCS1)C12COCC1C2. The molecule has 3 heteroatoms. The predicted molar refractivity (Wildman–Crippen MR) is 56.5 cm³/mol. The van der Waals surface area contributed by atoms with Crippen molar-refractivity contribution in [1.29, 1.82) is 0 Å². The Morgan fingerprint density at radius 1 is 1.43 bits per heavy atom. The van der Waals surface area contributed by atoms with Gasteiger partial charge in [-0.2, -0.15) is 11.8 Å². The zero-order valence-corrected chi connectivity index (χ0v) is 9.15. The van der Waals surface area contributed by atoms with Crippen LogP contribution in [0, 0.1) is 11.3 Å². The Hall–Kier alpha value is -0.0200. The summed E-state index contributed by atoms with van der Waals surface area (Å²) in [6.45, 7) is 1.55. The number of fused-ring (bicyclic) bond motifs is 1. The lowest BCUT2D eigenvalue weighted by Gasteiger charge is -2.23. The molecular weight excluding hydrogens is 196 g/mol. The molecule has 0 N–H and O–H groups in total. The van der Waals surface area contributed by atoms with Crippen LogP contribution in [0.15, 0.2) is 0 Å². The van der Waals surface area contributed by atoms with Gasteiger partial charge in [-0.3, -0.25) is 4.79 Å². The summed E-state index contributed by atoms with van der Waals surface area (Å²) in [5.74, 6) is 2.28. The molecule has 0 radical (unpaired) electrons. The van der Waals surface area contributed by atoms with E-state index in [2.05, 4.69) is 0 Å². The van der Waals surface area contributed by atoms with E-state index in [1.54, 1.807) is 0 Å². The largest absolute Gasteiger partial charge is 0.380 e. The Morgan fingerprint density at radius 2 is 2.36 bits per heavy atom. The molecule has 0 spiro atoms.